The lowest BCUT2D eigenvalue weighted by molar-refractivity contribution is 0.0697. The minimum atomic E-state index is -0.997. The number of anilines is 1. The highest BCUT2D eigenvalue weighted by Gasteiger charge is 2.23. The van der Waals surface area contributed by atoms with Crippen LogP contribution in [-0.4, -0.2) is 24.0 Å². The zero-order valence-electron chi connectivity index (χ0n) is 17.1. The van der Waals surface area contributed by atoms with Crippen LogP contribution in [0.4, 0.5) is 5.69 Å². The van der Waals surface area contributed by atoms with Gasteiger partial charge >= 0.3 is 5.97 Å². The summed E-state index contributed by atoms with van der Waals surface area (Å²) < 4.78 is 0. The first-order chi connectivity index (χ1) is 13.7. The number of carbonyl (C=O) groups is 2. The molecule has 3 aromatic rings. The molecule has 4 heteroatoms. The monoisotopic (exact) mass is 387 g/mol. The average Bonchev–Trinajstić information content (AvgIpc) is 2.72. The number of carboxylic acid groups (broad SMARTS) is 1. The molecule has 1 N–H and O–H groups in total. The number of nitrogens with zero attached hydrogens (tertiary/aromatic N) is 1. The van der Waals surface area contributed by atoms with Gasteiger partial charge in [-0.1, -0.05) is 69.3 Å². The first-order valence-electron chi connectivity index (χ1n) is 9.50. The minimum Gasteiger partial charge on any atom is -0.478 e. The quantitative estimate of drug-likeness (QED) is 0.631. The molecule has 0 aliphatic heterocycles. The number of hydrogen-bond donors (Lipinski definition) is 1. The van der Waals surface area contributed by atoms with E-state index in [4.69, 9.17) is 0 Å². The van der Waals surface area contributed by atoms with E-state index in [9.17, 15) is 14.7 Å². The third-order valence-corrected chi connectivity index (χ3v) is 5.00. The molecular formula is C25H25NO3. The van der Waals surface area contributed by atoms with Gasteiger partial charge in [0.1, 0.15) is 0 Å². The molecule has 0 bridgehead atoms. The first-order valence-corrected chi connectivity index (χ1v) is 9.50. The average molecular weight is 387 g/mol. The summed E-state index contributed by atoms with van der Waals surface area (Å²) in [6.45, 7) is 6.32. The molecule has 0 heterocycles. The Bertz CT molecular complexity index is 1050. The van der Waals surface area contributed by atoms with Gasteiger partial charge < -0.3 is 10.0 Å². The van der Waals surface area contributed by atoms with Gasteiger partial charge in [-0.3, -0.25) is 4.79 Å². The van der Waals surface area contributed by atoms with E-state index in [2.05, 4.69) is 20.8 Å². The molecule has 0 aliphatic carbocycles. The number of hydrogen-bond acceptors (Lipinski definition) is 2. The lowest BCUT2D eigenvalue weighted by Gasteiger charge is -2.26. The number of carbonyl (C=O) groups excluding carboxylic acids is 1. The van der Waals surface area contributed by atoms with Gasteiger partial charge in [0, 0.05) is 18.2 Å². The van der Waals surface area contributed by atoms with Crippen LogP contribution in [-0.2, 0) is 5.41 Å². The van der Waals surface area contributed by atoms with Crippen molar-refractivity contribution in [2.24, 2.45) is 0 Å². The third kappa shape index (κ3) is 4.21. The Labute approximate surface area is 171 Å². The molecule has 0 aliphatic rings. The van der Waals surface area contributed by atoms with Crippen LogP contribution in [0, 0.1) is 0 Å². The van der Waals surface area contributed by atoms with Crippen molar-refractivity contribution in [1.29, 1.82) is 0 Å². The molecule has 29 heavy (non-hydrogen) atoms. The van der Waals surface area contributed by atoms with Gasteiger partial charge in [-0.25, -0.2) is 4.79 Å². The minimum absolute atomic E-state index is 0.115. The Morgan fingerprint density at radius 2 is 1.45 bits per heavy atom. The molecule has 0 radical (unpaired) electrons. The van der Waals surface area contributed by atoms with Crippen LogP contribution in [0.5, 0.6) is 0 Å². The third-order valence-electron chi connectivity index (χ3n) is 5.00. The van der Waals surface area contributed by atoms with Crippen molar-refractivity contribution < 1.29 is 14.7 Å². The molecule has 0 saturated carbocycles. The number of aromatic carboxylic acids is 1. The van der Waals surface area contributed by atoms with Crippen molar-refractivity contribution in [2.45, 2.75) is 26.2 Å². The van der Waals surface area contributed by atoms with Crippen LogP contribution in [0.15, 0.2) is 72.8 Å². The summed E-state index contributed by atoms with van der Waals surface area (Å²) in [5.74, 6) is -1.14. The van der Waals surface area contributed by atoms with Gasteiger partial charge in [0.2, 0.25) is 0 Å². The van der Waals surface area contributed by atoms with E-state index in [0.717, 1.165) is 5.56 Å². The topological polar surface area (TPSA) is 57.6 Å². The van der Waals surface area contributed by atoms with Crippen molar-refractivity contribution in [1.82, 2.24) is 0 Å². The second-order valence-corrected chi connectivity index (χ2v) is 8.06. The zero-order chi connectivity index (χ0) is 21.2. The van der Waals surface area contributed by atoms with Gasteiger partial charge in [0.15, 0.2) is 0 Å². The van der Waals surface area contributed by atoms with Crippen LogP contribution in [0.2, 0.25) is 0 Å². The van der Waals surface area contributed by atoms with Crippen molar-refractivity contribution in [3.05, 3.63) is 89.5 Å². The van der Waals surface area contributed by atoms with E-state index in [1.54, 1.807) is 42.3 Å². The Hall–Kier alpha value is -3.40. The predicted octanol–water partition coefficient (Wildman–Crippen LogP) is 5.63. The number of carboxylic acids is 1. The highest BCUT2D eigenvalue weighted by atomic mass is 16.4. The molecule has 0 aromatic heterocycles. The van der Waals surface area contributed by atoms with E-state index in [1.165, 1.54) is 0 Å². The van der Waals surface area contributed by atoms with Crippen LogP contribution in [0.1, 0.15) is 47.1 Å². The van der Waals surface area contributed by atoms with Crippen LogP contribution in [0.3, 0.4) is 0 Å². The normalized spacial score (nSPS) is 11.2. The lowest BCUT2D eigenvalue weighted by atomic mass is 9.85. The van der Waals surface area contributed by atoms with E-state index < -0.39 is 5.97 Å². The van der Waals surface area contributed by atoms with Crippen molar-refractivity contribution in [3.63, 3.8) is 0 Å². The molecule has 148 valence electrons. The van der Waals surface area contributed by atoms with E-state index in [-0.39, 0.29) is 16.9 Å². The SMILES string of the molecule is CN(C(=O)c1ccccc1)c1cc(C(C)(C)C)ccc1-c1ccccc1C(=O)O. The van der Waals surface area contributed by atoms with Gasteiger partial charge in [-0.05, 0) is 40.8 Å². The molecule has 0 fully saturated rings. The summed E-state index contributed by atoms with van der Waals surface area (Å²) in [5.41, 5.74) is 3.71. The summed E-state index contributed by atoms with van der Waals surface area (Å²) in [4.78, 5) is 26.5. The van der Waals surface area contributed by atoms with Gasteiger partial charge in [0.05, 0.1) is 11.3 Å². The molecule has 0 saturated heterocycles. The molecule has 0 spiro atoms. The molecule has 0 unspecified atom stereocenters. The van der Waals surface area contributed by atoms with Gasteiger partial charge in [-0.2, -0.15) is 0 Å². The Balaban J connectivity index is 2.21. The van der Waals surface area contributed by atoms with Crippen LogP contribution in [0.25, 0.3) is 11.1 Å². The Morgan fingerprint density at radius 3 is 2.07 bits per heavy atom. The van der Waals surface area contributed by atoms with E-state index in [0.29, 0.717) is 22.4 Å². The van der Waals surface area contributed by atoms with E-state index in [1.807, 2.05) is 42.5 Å². The first kappa shape index (κ1) is 20.3. The number of rotatable bonds is 4. The maximum absolute atomic E-state index is 13.1. The smallest absolute Gasteiger partial charge is 0.336 e. The summed E-state index contributed by atoms with van der Waals surface area (Å²) in [6, 6.07) is 21.8. The maximum Gasteiger partial charge on any atom is 0.336 e. The highest BCUT2D eigenvalue weighted by molar-refractivity contribution is 6.09. The van der Waals surface area contributed by atoms with Crippen molar-refractivity contribution in [2.75, 3.05) is 11.9 Å². The number of amides is 1. The molecule has 1 amide bonds. The van der Waals surface area contributed by atoms with E-state index >= 15 is 0 Å². The van der Waals surface area contributed by atoms with Crippen molar-refractivity contribution in [3.8, 4) is 11.1 Å². The fourth-order valence-corrected chi connectivity index (χ4v) is 3.29. The lowest BCUT2D eigenvalue weighted by Crippen LogP contribution is -2.27. The van der Waals surface area contributed by atoms with Crippen molar-refractivity contribution >= 4 is 17.6 Å². The standard InChI is InChI=1S/C25H25NO3/c1-25(2,3)18-14-15-20(19-12-8-9-13-21(19)24(28)29)22(16-18)26(4)23(27)17-10-6-5-7-11-17/h5-16H,1-4H3,(H,28,29). The summed E-state index contributed by atoms with van der Waals surface area (Å²) in [5, 5.41) is 9.65. The summed E-state index contributed by atoms with van der Waals surface area (Å²) in [6.07, 6.45) is 0. The fourth-order valence-electron chi connectivity index (χ4n) is 3.29. The summed E-state index contributed by atoms with van der Waals surface area (Å²) in [7, 11) is 1.73. The second kappa shape index (κ2) is 7.92. The molecule has 3 rings (SSSR count). The predicted molar refractivity (Wildman–Crippen MR) is 117 cm³/mol. The van der Waals surface area contributed by atoms with Gasteiger partial charge in [-0.15, -0.1) is 0 Å². The van der Waals surface area contributed by atoms with Crippen LogP contribution >= 0.6 is 0 Å². The molecule has 3 aromatic carbocycles. The van der Waals surface area contributed by atoms with Crippen LogP contribution < -0.4 is 4.90 Å². The molecule has 4 nitrogen and oxygen atoms in total. The maximum atomic E-state index is 13.1. The molecule has 0 atom stereocenters. The van der Waals surface area contributed by atoms with Gasteiger partial charge in [0.25, 0.3) is 5.91 Å². The Morgan fingerprint density at radius 1 is 0.828 bits per heavy atom. The molecular weight excluding hydrogens is 362 g/mol. The largest absolute Gasteiger partial charge is 0.478 e. The fraction of sp³-hybridized carbons (Fsp3) is 0.200. The number of benzene rings is 3. The summed E-state index contributed by atoms with van der Waals surface area (Å²) >= 11 is 0. The Kier molecular flexibility index (Phi) is 5.55. The highest BCUT2D eigenvalue weighted by Crippen LogP contribution is 2.37. The second-order valence-electron chi connectivity index (χ2n) is 8.06. The zero-order valence-corrected chi connectivity index (χ0v) is 17.1.